The van der Waals surface area contributed by atoms with Crippen LogP contribution in [-0.4, -0.2) is 21.5 Å². The summed E-state index contributed by atoms with van der Waals surface area (Å²) in [6, 6.07) is 5.47. The largest absolute Gasteiger partial charge is 0.397 e. The van der Waals surface area contributed by atoms with Crippen molar-refractivity contribution < 1.29 is 0 Å². The summed E-state index contributed by atoms with van der Waals surface area (Å²) < 4.78 is 1.79. The number of hydrogen-bond donors (Lipinski definition) is 2. The molecule has 0 aliphatic heterocycles. The van der Waals surface area contributed by atoms with Crippen molar-refractivity contribution in [3.05, 3.63) is 35.6 Å². The van der Waals surface area contributed by atoms with Crippen molar-refractivity contribution in [3.8, 4) is 0 Å². The molecule has 17 heavy (non-hydrogen) atoms. The van der Waals surface area contributed by atoms with Gasteiger partial charge in [0.05, 0.1) is 22.6 Å². The van der Waals surface area contributed by atoms with Crippen LogP contribution in [0.2, 0.25) is 5.02 Å². The fraction of sp³-hybridized carbons (Fsp3) is 0.273. The lowest BCUT2D eigenvalue weighted by Crippen LogP contribution is -2.08. The molecular formula is C11H14ClN5. The Morgan fingerprint density at radius 2 is 2.29 bits per heavy atom. The lowest BCUT2D eigenvalue weighted by atomic mass is 10.2. The summed E-state index contributed by atoms with van der Waals surface area (Å²) in [4.78, 5) is 0. The number of nitrogens with zero attached hydrogens (tertiary/aromatic N) is 3. The number of aryl methyl sites for hydroxylation is 1. The highest BCUT2D eigenvalue weighted by Gasteiger charge is 2.02. The van der Waals surface area contributed by atoms with E-state index in [1.807, 2.05) is 24.4 Å². The first kappa shape index (κ1) is 11.7. The van der Waals surface area contributed by atoms with Gasteiger partial charge in [0.15, 0.2) is 0 Å². The Labute approximate surface area is 105 Å². The number of nitrogens with one attached hydrogen (secondary N) is 1. The number of para-hydroxylation sites is 1. The first-order valence-electron chi connectivity index (χ1n) is 5.39. The van der Waals surface area contributed by atoms with Crippen molar-refractivity contribution in [2.45, 2.75) is 13.0 Å². The molecule has 6 heteroatoms. The molecule has 90 valence electrons. The van der Waals surface area contributed by atoms with Crippen LogP contribution in [0.5, 0.6) is 0 Å². The maximum absolute atomic E-state index is 6.04. The van der Waals surface area contributed by atoms with E-state index in [2.05, 4.69) is 15.6 Å². The summed E-state index contributed by atoms with van der Waals surface area (Å²) in [6.45, 7) is 1.60. The number of benzene rings is 1. The van der Waals surface area contributed by atoms with E-state index in [9.17, 15) is 0 Å². The number of aromatic nitrogens is 3. The van der Waals surface area contributed by atoms with E-state index in [1.165, 1.54) is 0 Å². The van der Waals surface area contributed by atoms with Gasteiger partial charge in [-0.3, -0.25) is 4.68 Å². The van der Waals surface area contributed by atoms with Gasteiger partial charge in [0, 0.05) is 19.3 Å². The summed E-state index contributed by atoms with van der Waals surface area (Å²) >= 11 is 6.04. The quantitative estimate of drug-likeness (QED) is 0.630. The average Bonchev–Trinajstić information content (AvgIpc) is 2.80. The Morgan fingerprint density at radius 3 is 3.00 bits per heavy atom. The third kappa shape index (κ3) is 3.10. The molecule has 2 aromatic rings. The van der Waals surface area contributed by atoms with Crippen LogP contribution in [0.4, 0.5) is 11.4 Å². The Balaban J connectivity index is 1.82. The number of anilines is 2. The van der Waals surface area contributed by atoms with Gasteiger partial charge in [-0.25, -0.2) is 0 Å². The number of halogens is 1. The zero-order valence-corrected chi connectivity index (χ0v) is 10.1. The zero-order chi connectivity index (χ0) is 12.1. The molecule has 0 spiro atoms. The van der Waals surface area contributed by atoms with Gasteiger partial charge in [0.2, 0.25) is 0 Å². The summed E-state index contributed by atoms with van der Waals surface area (Å²) in [7, 11) is 0. The molecule has 0 saturated carbocycles. The molecule has 0 aliphatic carbocycles. The lowest BCUT2D eigenvalue weighted by Gasteiger charge is -2.10. The van der Waals surface area contributed by atoms with E-state index < -0.39 is 0 Å². The van der Waals surface area contributed by atoms with Crippen LogP contribution in [0.15, 0.2) is 30.6 Å². The topological polar surface area (TPSA) is 68.8 Å². The molecule has 1 aromatic heterocycles. The fourth-order valence-electron chi connectivity index (χ4n) is 1.53. The molecule has 0 unspecified atom stereocenters. The third-order valence-corrected chi connectivity index (χ3v) is 2.70. The van der Waals surface area contributed by atoms with Crippen molar-refractivity contribution >= 4 is 23.0 Å². The van der Waals surface area contributed by atoms with Gasteiger partial charge >= 0.3 is 0 Å². The molecule has 0 aliphatic rings. The molecule has 0 radical (unpaired) electrons. The van der Waals surface area contributed by atoms with E-state index >= 15 is 0 Å². The standard InChI is InChI=1S/C11H14ClN5/c12-9-3-1-4-10(13)11(9)14-5-2-7-17-8-6-15-16-17/h1,3-4,6,8,14H,2,5,7,13H2. The summed E-state index contributed by atoms with van der Waals surface area (Å²) in [5.74, 6) is 0. The monoisotopic (exact) mass is 251 g/mol. The molecule has 1 aromatic carbocycles. The van der Waals surface area contributed by atoms with Gasteiger partial charge in [-0.05, 0) is 18.6 Å². The molecule has 3 N–H and O–H groups in total. The molecule has 5 nitrogen and oxygen atoms in total. The molecule has 0 bridgehead atoms. The van der Waals surface area contributed by atoms with Crippen LogP contribution in [0.25, 0.3) is 0 Å². The Hall–Kier alpha value is -1.75. The summed E-state index contributed by atoms with van der Waals surface area (Å²) in [5.41, 5.74) is 7.29. The maximum atomic E-state index is 6.04. The number of rotatable bonds is 5. The highest BCUT2D eigenvalue weighted by atomic mass is 35.5. The second-order valence-corrected chi connectivity index (χ2v) is 4.06. The molecular weight excluding hydrogens is 238 g/mol. The lowest BCUT2D eigenvalue weighted by molar-refractivity contribution is 0.570. The van der Waals surface area contributed by atoms with Crippen molar-refractivity contribution in [1.82, 2.24) is 15.0 Å². The third-order valence-electron chi connectivity index (χ3n) is 2.38. The van der Waals surface area contributed by atoms with Crippen LogP contribution >= 0.6 is 11.6 Å². The van der Waals surface area contributed by atoms with Crippen LogP contribution < -0.4 is 11.1 Å². The van der Waals surface area contributed by atoms with Gasteiger partial charge < -0.3 is 11.1 Å². The van der Waals surface area contributed by atoms with E-state index in [4.69, 9.17) is 17.3 Å². The van der Waals surface area contributed by atoms with Gasteiger partial charge in [0.25, 0.3) is 0 Å². The number of nitrogens with two attached hydrogens (primary N) is 1. The van der Waals surface area contributed by atoms with E-state index in [0.717, 1.165) is 25.2 Å². The minimum atomic E-state index is 0.644. The molecule has 1 heterocycles. The molecule has 0 amide bonds. The first-order valence-corrected chi connectivity index (χ1v) is 5.77. The van der Waals surface area contributed by atoms with E-state index in [1.54, 1.807) is 10.9 Å². The predicted octanol–water partition coefficient (Wildman–Crippen LogP) is 2.02. The number of hydrogen-bond acceptors (Lipinski definition) is 4. The van der Waals surface area contributed by atoms with Crippen LogP contribution in [0.3, 0.4) is 0 Å². The summed E-state index contributed by atoms with van der Waals surface area (Å²) in [6.07, 6.45) is 4.43. The van der Waals surface area contributed by atoms with Crippen molar-refractivity contribution in [2.24, 2.45) is 0 Å². The fourth-order valence-corrected chi connectivity index (χ4v) is 1.78. The van der Waals surface area contributed by atoms with Crippen LogP contribution in [0, 0.1) is 0 Å². The second-order valence-electron chi connectivity index (χ2n) is 3.65. The highest BCUT2D eigenvalue weighted by molar-refractivity contribution is 6.33. The highest BCUT2D eigenvalue weighted by Crippen LogP contribution is 2.27. The van der Waals surface area contributed by atoms with Crippen molar-refractivity contribution in [3.63, 3.8) is 0 Å². The number of nitrogen functional groups attached to an aromatic ring is 1. The Morgan fingerprint density at radius 1 is 1.41 bits per heavy atom. The second kappa shape index (κ2) is 5.54. The van der Waals surface area contributed by atoms with Gasteiger partial charge in [0.1, 0.15) is 0 Å². The minimum Gasteiger partial charge on any atom is -0.397 e. The molecule has 2 rings (SSSR count). The van der Waals surface area contributed by atoms with Crippen molar-refractivity contribution in [1.29, 1.82) is 0 Å². The van der Waals surface area contributed by atoms with E-state index in [0.29, 0.717) is 10.7 Å². The Kier molecular flexibility index (Phi) is 3.82. The van der Waals surface area contributed by atoms with Gasteiger partial charge in [-0.15, -0.1) is 5.10 Å². The first-order chi connectivity index (χ1) is 8.27. The van der Waals surface area contributed by atoms with Gasteiger partial charge in [-0.1, -0.05) is 22.9 Å². The molecule has 0 atom stereocenters. The van der Waals surface area contributed by atoms with Crippen molar-refractivity contribution in [2.75, 3.05) is 17.6 Å². The Bertz CT molecular complexity index is 448. The molecule has 0 fully saturated rings. The predicted molar refractivity (Wildman–Crippen MR) is 69.0 cm³/mol. The maximum Gasteiger partial charge on any atom is 0.0763 e. The van der Waals surface area contributed by atoms with E-state index in [-0.39, 0.29) is 0 Å². The normalized spacial score (nSPS) is 10.4. The average molecular weight is 252 g/mol. The van der Waals surface area contributed by atoms with Gasteiger partial charge in [-0.2, -0.15) is 0 Å². The molecule has 0 saturated heterocycles. The summed E-state index contributed by atoms with van der Waals surface area (Å²) in [5, 5.41) is 11.5. The smallest absolute Gasteiger partial charge is 0.0763 e. The van der Waals surface area contributed by atoms with Crippen LogP contribution in [0.1, 0.15) is 6.42 Å². The SMILES string of the molecule is Nc1cccc(Cl)c1NCCCn1ccnn1. The zero-order valence-electron chi connectivity index (χ0n) is 9.31. The minimum absolute atomic E-state index is 0.644. The van der Waals surface area contributed by atoms with Crippen LogP contribution in [-0.2, 0) is 6.54 Å².